The van der Waals surface area contributed by atoms with E-state index in [4.69, 9.17) is 0 Å². The molecule has 18 heavy (non-hydrogen) atoms. The highest BCUT2D eigenvalue weighted by Gasteiger charge is 2.25. The van der Waals surface area contributed by atoms with Crippen LogP contribution in [0.15, 0.2) is 24.3 Å². The third-order valence-corrected chi connectivity index (χ3v) is 4.68. The van der Waals surface area contributed by atoms with Gasteiger partial charge in [0.15, 0.2) is 0 Å². The van der Waals surface area contributed by atoms with Crippen LogP contribution in [0.2, 0.25) is 0 Å². The molecule has 1 N–H and O–H groups in total. The number of hydrogen-bond acceptors (Lipinski definition) is 3. The van der Waals surface area contributed by atoms with E-state index in [1.165, 1.54) is 17.4 Å². The Balaban J connectivity index is 2.05. The van der Waals surface area contributed by atoms with E-state index in [0.717, 1.165) is 13.0 Å². The van der Waals surface area contributed by atoms with Gasteiger partial charge in [-0.25, -0.2) is 8.42 Å². The minimum atomic E-state index is -3.07. The SMILES string of the molecule is Cc1ccccc1CC1CN(S(C)(=O)=O)CCN1. The van der Waals surface area contributed by atoms with Gasteiger partial charge in [0.1, 0.15) is 0 Å². The van der Waals surface area contributed by atoms with Crippen molar-refractivity contribution in [3.63, 3.8) is 0 Å². The molecule has 0 spiro atoms. The van der Waals surface area contributed by atoms with Crippen LogP contribution in [-0.4, -0.2) is 44.7 Å². The molecule has 1 aliphatic rings. The molecule has 100 valence electrons. The molecule has 1 heterocycles. The zero-order valence-electron chi connectivity index (χ0n) is 10.9. The van der Waals surface area contributed by atoms with Crippen molar-refractivity contribution < 1.29 is 8.42 Å². The summed E-state index contributed by atoms with van der Waals surface area (Å²) in [5.41, 5.74) is 2.54. The molecule has 1 aromatic carbocycles. The standard InChI is InChI=1S/C13H20N2O2S/c1-11-5-3-4-6-12(11)9-13-10-15(8-7-14-13)18(2,16)17/h3-6,13-14H,7-10H2,1-2H3. The summed E-state index contributed by atoms with van der Waals surface area (Å²) < 4.78 is 24.7. The Morgan fingerprint density at radius 2 is 2.11 bits per heavy atom. The van der Waals surface area contributed by atoms with Crippen LogP contribution in [0, 0.1) is 6.92 Å². The Hall–Kier alpha value is -0.910. The lowest BCUT2D eigenvalue weighted by Crippen LogP contribution is -2.53. The zero-order chi connectivity index (χ0) is 13.2. The molecule has 1 aliphatic heterocycles. The van der Waals surface area contributed by atoms with E-state index in [0.29, 0.717) is 13.1 Å². The number of nitrogens with zero attached hydrogens (tertiary/aromatic N) is 1. The first kappa shape index (κ1) is 13.5. The van der Waals surface area contributed by atoms with E-state index in [1.54, 1.807) is 4.31 Å². The molecule has 0 amide bonds. The van der Waals surface area contributed by atoms with Gasteiger partial charge in [-0.3, -0.25) is 0 Å². The molecule has 5 heteroatoms. The molecule has 1 unspecified atom stereocenters. The summed E-state index contributed by atoms with van der Waals surface area (Å²) in [4.78, 5) is 0. The first-order valence-corrected chi connectivity index (χ1v) is 8.04. The van der Waals surface area contributed by atoms with Crippen molar-refractivity contribution >= 4 is 10.0 Å². The maximum absolute atomic E-state index is 11.5. The van der Waals surface area contributed by atoms with Crippen molar-refractivity contribution in [3.8, 4) is 0 Å². The Bertz CT molecular complexity index is 513. The van der Waals surface area contributed by atoms with E-state index in [9.17, 15) is 8.42 Å². The fraction of sp³-hybridized carbons (Fsp3) is 0.538. The monoisotopic (exact) mass is 268 g/mol. The molecule has 0 saturated carbocycles. The fourth-order valence-corrected chi connectivity index (χ4v) is 3.21. The smallest absolute Gasteiger partial charge is 0.211 e. The molecule has 2 rings (SSSR count). The van der Waals surface area contributed by atoms with Gasteiger partial charge in [0.05, 0.1) is 6.26 Å². The quantitative estimate of drug-likeness (QED) is 0.881. The number of rotatable bonds is 3. The number of aryl methyl sites for hydroxylation is 1. The number of hydrogen-bond donors (Lipinski definition) is 1. The zero-order valence-corrected chi connectivity index (χ0v) is 11.7. The second-order valence-electron chi connectivity index (χ2n) is 4.90. The Kier molecular flexibility index (Phi) is 4.04. The van der Waals surface area contributed by atoms with E-state index in [2.05, 4.69) is 24.4 Å². The maximum Gasteiger partial charge on any atom is 0.211 e. The number of benzene rings is 1. The molecule has 1 saturated heterocycles. The van der Waals surface area contributed by atoms with Crippen LogP contribution in [0.1, 0.15) is 11.1 Å². The van der Waals surface area contributed by atoms with Crippen molar-refractivity contribution in [2.24, 2.45) is 0 Å². The second kappa shape index (κ2) is 5.38. The van der Waals surface area contributed by atoms with Gasteiger partial charge in [0.2, 0.25) is 10.0 Å². The summed E-state index contributed by atoms with van der Waals surface area (Å²) in [6, 6.07) is 8.45. The van der Waals surface area contributed by atoms with Gasteiger partial charge in [-0.05, 0) is 24.5 Å². The minimum absolute atomic E-state index is 0.203. The largest absolute Gasteiger partial charge is 0.311 e. The lowest BCUT2D eigenvalue weighted by atomic mass is 10.0. The summed E-state index contributed by atoms with van der Waals surface area (Å²) >= 11 is 0. The van der Waals surface area contributed by atoms with Crippen LogP contribution in [0.5, 0.6) is 0 Å². The van der Waals surface area contributed by atoms with Crippen LogP contribution in [0.25, 0.3) is 0 Å². The highest BCUT2D eigenvalue weighted by Crippen LogP contribution is 2.13. The molecule has 4 nitrogen and oxygen atoms in total. The van der Waals surface area contributed by atoms with Crippen LogP contribution < -0.4 is 5.32 Å². The summed E-state index contributed by atoms with van der Waals surface area (Å²) in [6.45, 7) is 3.95. The summed E-state index contributed by atoms with van der Waals surface area (Å²) in [5, 5.41) is 3.39. The van der Waals surface area contributed by atoms with Gasteiger partial charge in [-0.2, -0.15) is 4.31 Å². The molecular weight excluding hydrogens is 248 g/mol. The summed E-state index contributed by atoms with van der Waals surface area (Å²) in [6.07, 6.45) is 2.15. The second-order valence-corrected chi connectivity index (χ2v) is 6.89. The van der Waals surface area contributed by atoms with Gasteiger partial charge in [-0.1, -0.05) is 24.3 Å². The number of piperazine rings is 1. The van der Waals surface area contributed by atoms with Crippen molar-refractivity contribution in [2.45, 2.75) is 19.4 Å². The lowest BCUT2D eigenvalue weighted by molar-refractivity contribution is 0.298. The van der Waals surface area contributed by atoms with Gasteiger partial charge >= 0.3 is 0 Å². The number of sulfonamides is 1. The van der Waals surface area contributed by atoms with E-state index < -0.39 is 10.0 Å². The predicted octanol–water partition coefficient (Wildman–Crippen LogP) is 0.771. The average Bonchev–Trinajstić information content (AvgIpc) is 2.31. The van der Waals surface area contributed by atoms with E-state index in [-0.39, 0.29) is 6.04 Å². The molecular formula is C13H20N2O2S. The minimum Gasteiger partial charge on any atom is -0.311 e. The average molecular weight is 268 g/mol. The van der Waals surface area contributed by atoms with Gasteiger partial charge in [0, 0.05) is 25.7 Å². The van der Waals surface area contributed by atoms with Crippen LogP contribution >= 0.6 is 0 Å². The van der Waals surface area contributed by atoms with Crippen LogP contribution in [0.3, 0.4) is 0 Å². The van der Waals surface area contributed by atoms with Crippen LogP contribution in [-0.2, 0) is 16.4 Å². The number of nitrogens with one attached hydrogen (secondary N) is 1. The normalized spacial score (nSPS) is 22.0. The van der Waals surface area contributed by atoms with Crippen molar-refractivity contribution in [3.05, 3.63) is 35.4 Å². The topological polar surface area (TPSA) is 49.4 Å². The van der Waals surface area contributed by atoms with E-state index in [1.807, 2.05) is 12.1 Å². The van der Waals surface area contributed by atoms with Crippen molar-refractivity contribution in [1.82, 2.24) is 9.62 Å². The Morgan fingerprint density at radius 1 is 1.39 bits per heavy atom. The summed E-state index contributed by atoms with van der Waals surface area (Å²) in [7, 11) is -3.07. The Morgan fingerprint density at radius 3 is 2.78 bits per heavy atom. The molecule has 1 atom stereocenters. The molecule has 1 aromatic rings. The molecule has 0 radical (unpaired) electrons. The predicted molar refractivity (Wildman–Crippen MR) is 73.1 cm³/mol. The Labute approximate surface area is 109 Å². The van der Waals surface area contributed by atoms with Gasteiger partial charge in [0.25, 0.3) is 0 Å². The fourth-order valence-electron chi connectivity index (χ4n) is 2.34. The third kappa shape index (κ3) is 3.31. The van der Waals surface area contributed by atoms with Crippen LogP contribution in [0.4, 0.5) is 0 Å². The van der Waals surface area contributed by atoms with E-state index >= 15 is 0 Å². The lowest BCUT2D eigenvalue weighted by Gasteiger charge is -2.32. The first-order chi connectivity index (χ1) is 8.47. The highest BCUT2D eigenvalue weighted by molar-refractivity contribution is 7.88. The molecule has 0 bridgehead atoms. The maximum atomic E-state index is 11.5. The first-order valence-electron chi connectivity index (χ1n) is 6.20. The summed E-state index contributed by atoms with van der Waals surface area (Å²) in [5.74, 6) is 0. The van der Waals surface area contributed by atoms with Gasteiger partial charge in [-0.15, -0.1) is 0 Å². The van der Waals surface area contributed by atoms with Crippen molar-refractivity contribution in [2.75, 3.05) is 25.9 Å². The molecule has 0 aromatic heterocycles. The third-order valence-electron chi connectivity index (χ3n) is 3.41. The molecule has 0 aliphatic carbocycles. The van der Waals surface area contributed by atoms with Crippen molar-refractivity contribution in [1.29, 1.82) is 0 Å². The highest BCUT2D eigenvalue weighted by atomic mass is 32.2. The van der Waals surface area contributed by atoms with Gasteiger partial charge < -0.3 is 5.32 Å². The molecule has 1 fully saturated rings.